The summed E-state index contributed by atoms with van der Waals surface area (Å²) in [6.45, 7) is 14.0. The Morgan fingerprint density at radius 3 is 1.82 bits per heavy atom. The molecule has 4 saturated carbocycles. The van der Waals surface area contributed by atoms with Crippen molar-refractivity contribution in [2.75, 3.05) is 33.5 Å². The third kappa shape index (κ3) is 10.9. The number of rotatable bonds is 16. The second kappa shape index (κ2) is 22.9. The summed E-state index contributed by atoms with van der Waals surface area (Å²) in [6.07, 6.45) is -22.6. The van der Waals surface area contributed by atoms with Crippen LogP contribution in [0.25, 0.3) is 0 Å². The van der Waals surface area contributed by atoms with Gasteiger partial charge in [-0.2, -0.15) is 0 Å². The highest BCUT2D eigenvalue weighted by atomic mass is 16.8. The molecule has 8 rings (SSSR count). The van der Waals surface area contributed by atoms with Crippen LogP contribution < -0.4 is 0 Å². The van der Waals surface area contributed by atoms with E-state index < -0.39 is 187 Å². The Bertz CT molecular complexity index is 2040. The fourth-order valence-electron chi connectivity index (χ4n) is 15.6. The standard InChI is InChI=1S/C54H90O23/c1-24-34(59)37(62)41(66)46(72-24)77-44-43(76-47-42(67)39(64)36(61)29(21-56)74-47)27(58)22-70-48(44)75-32-13-16-51(6)30(50(32,4)5)12-18-52(7)31(51)19-26(57)33-25(11-17-53(33,52)8)54(68,15-10-14-49(2,3)69-9)23-71-45-40(65)38(63)35(60)28(20-55)73-45/h10,14,24-25,27-48,55-56,58-68H,11-13,15-23H2,1-9H3/b14-10+/t24-,25-,27-,28+,29+,30-,31+,32-,33-,34-,35+,36+,37+,38-,39-,40+,41+,42+,43-,44+,45+,46-,47-,48-,51-,52+,53+,54+/m0/s1. The van der Waals surface area contributed by atoms with Crippen LogP contribution in [0, 0.1) is 45.3 Å². The molecule has 8 fully saturated rings. The van der Waals surface area contributed by atoms with E-state index in [1.807, 2.05) is 19.9 Å². The van der Waals surface area contributed by atoms with E-state index in [-0.39, 0.29) is 37.1 Å². The summed E-state index contributed by atoms with van der Waals surface area (Å²) in [5, 5.41) is 141. The molecule has 77 heavy (non-hydrogen) atoms. The number of ketones is 1. The summed E-state index contributed by atoms with van der Waals surface area (Å²) >= 11 is 0. The second-order valence-corrected chi connectivity index (χ2v) is 25.6. The zero-order chi connectivity index (χ0) is 56.7. The van der Waals surface area contributed by atoms with Crippen LogP contribution in [0.2, 0.25) is 0 Å². The Labute approximate surface area is 450 Å². The van der Waals surface area contributed by atoms with Crippen LogP contribution in [0.15, 0.2) is 12.2 Å². The van der Waals surface area contributed by atoms with Gasteiger partial charge < -0.3 is 109 Å². The number of aliphatic hydroxyl groups is 13. The maximum atomic E-state index is 15.3. The molecule has 4 heterocycles. The number of fused-ring (bicyclic) bond motifs is 5. The molecule has 23 nitrogen and oxygen atoms in total. The SMILES string of the molecule is COC(C)(C)/C=C/C[C@@](O)(CO[C@@H]1O[C@H](CO)[C@@H](O)[C@H](O)[C@H]1O)[C@H]1CC[C@]2(C)[C@@H]1C(=O)C[C@@H]1[C@@]3(C)CC[C@H](O[C@@H]4OC[C@H](O)[C@H](O[C@@H]5O[C@H](CO)[C@@H](O)[C@H](O)[C@H]5O)[C@H]4O[C@@H]4O[C@@H](C)[C@H](O)[C@@H](O)[C@H]4O)C(C)(C)[C@@H]3CC[C@]12C. The van der Waals surface area contributed by atoms with E-state index in [1.165, 1.54) is 6.92 Å². The maximum Gasteiger partial charge on any atom is 0.187 e. The molecule has 0 radical (unpaired) electrons. The van der Waals surface area contributed by atoms with Gasteiger partial charge in [0, 0.05) is 25.4 Å². The molecule has 8 aliphatic rings. The van der Waals surface area contributed by atoms with Gasteiger partial charge in [-0.1, -0.05) is 46.8 Å². The summed E-state index contributed by atoms with van der Waals surface area (Å²) in [7, 11) is 1.57. The molecule has 0 aromatic rings. The van der Waals surface area contributed by atoms with E-state index in [0.29, 0.717) is 25.7 Å². The van der Waals surface area contributed by atoms with Crippen molar-refractivity contribution in [2.24, 2.45) is 45.3 Å². The smallest absolute Gasteiger partial charge is 0.187 e. The fourth-order valence-corrected chi connectivity index (χ4v) is 15.6. The highest BCUT2D eigenvalue weighted by Gasteiger charge is 2.72. The molecule has 4 aliphatic heterocycles. The molecule has 0 aromatic heterocycles. The van der Waals surface area contributed by atoms with Crippen LogP contribution in [-0.2, 0) is 47.4 Å². The summed E-state index contributed by atoms with van der Waals surface area (Å²) in [5.41, 5.74) is -4.37. The van der Waals surface area contributed by atoms with E-state index in [2.05, 4.69) is 34.6 Å². The van der Waals surface area contributed by atoms with Crippen LogP contribution >= 0.6 is 0 Å². The minimum Gasteiger partial charge on any atom is -0.394 e. The predicted octanol–water partition coefficient (Wildman–Crippen LogP) is -1.73. The molecule has 0 spiro atoms. The Morgan fingerprint density at radius 2 is 1.21 bits per heavy atom. The zero-order valence-electron chi connectivity index (χ0n) is 45.9. The lowest BCUT2D eigenvalue weighted by Crippen LogP contribution is -2.67. The molecule has 0 bridgehead atoms. The fraction of sp³-hybridized carbons (Fsp3) is 0.944. The van der Waals surface area contributed by atoms with Crippen LogP contribution in [0.5, 0.6) is 0 Å². The van der Waals surface area contributed by atoms with Gasteiger partial charge >= 0.3 is 0 Å². The van der Waals surface area contributed by atoms with Crippen molar-refractivity contribution in [2.45, 2.75) is 241 Å². The molecule has 4 aliphatic carbocycles. The molecular weight excluding hydrogens is 1020 g/mol. The number of carbonyl (C=O) groups excluding carboxylic acids is 1. The number of aliphatic hydroxyl groups excluding tert-OH is 12. The number of Topliss-reactive ketones (excluding diaryl/α,β-unsaturated/α-hetero) is 1. The van der Waals surface area contributed by atoms with E-state index in [9.17, 15) is 66.4 Å². The van der Waals surface area contributed by atoms with Gasteiger partial charge in [-0.3, -0.25) is 4.79 Å². The minimum atomic E-state index is -1.86. The quantitative estimate of drug-likeness (QED) is 0.0603. The van der Waals surface area contributed by atoms with Gasteiger partial charge in [0.15, 0.2) is 25.2 Å². The van der Waals surface area contributed by atoms with Crippen LogP contribution in [0.1, 0.15) is 107 Å². The third-order valence-corrected chi connectivity index (χ3v) is 20.6. The van der Waals surface area contributed by atoms with Crippen molar-refractivity contribution < 1.29 is 114 Å². The average Bonchev–Trinajstić information content (AvgIpc) is 3.80. The molecule has 28 atom stereocenters. The van der Waals surface area contributed by atoms with Crippen LogP contribution in [0.3, 0.4) is 0 Å². The van der Waals surface area contributed by atoms with Gasteiger partial charge in [0.2, 0.25) is 0 Å². The topological polar surface area (TPSA) is 363 Å². The minimum absolute atomic E-state index is 0.0224. The van der Waals surface area contributed by atoms with E-state index in [4.69, 9.17) is 42.6 Å². The van der Waals surface area contributed by atoms with Crippen molar-refractivity contribution in [1.29, 1.82) is 0 Å². The van der Waals surface area contributed by atoms with Gasteiger partial charge in [-0.05, 0) is 99.2 Å². The predicted molar refractivity (Wildman–Crippen MR) is 265 cm³/mol. The largest absolute Gasteiger partial charge is 0.394 e. The zero-order valence-corrected chi connectivity index (χ0v) is 45.9. The number of hydrogen-bond donors (Lipinski definition) is 13. The number of hydrogen-bond acceptors (Lipinski definition) is 23. The summed E-state index contributed by atoms with van der Waals surface area (Å²) in [5.74, 6) is -1.27. The van der Waals surface area contributed by atoms with E-state index >= 15 is 4.79 Å². The molecule has 0 aromatic carbocycles. The first kappa shape index (κ1) is 61.6. The van der Waals surface area contributed by atoms with Gasteiger partial charge in [-0.25, -0.2) is 0 Å². The summed E-state index contributed by atoms with van der Waals surface area (Å²) in [6, 6.07) is 0. The Morgan fingerprint density at radius 1 is 0.649 bits per heavy atom. The molecule has 4 saturated heterocycles. The lowest BCUT2D eigenvalue weighted by Gasteiger charge is -2.69. The molecule has 23 heteroatoms. The molecule has 13 N–H and O–H groups in total. The third-order valence-electron chi connectivity index (χ3n) is 20.6. The normalized spacial score (nSPS) is 51.2. The van der Waals surface area contributed by atoms with Crippen molar-refractivity contribution in [3.63, 3.8) is 0 Å². The lowest BCUT2D eigenvalue weighted by molar-refractivity contribution is -0.388. The van der Waals surface area contributed by atoms with Crippen LogP contribution in [-0.4, -0.2) is 240 Å². The number of carbonyl (C=O) groups is 1. The summed E-state index contributed by atoms with van der Waals surface area (Å²) < 4.78 is 54.5. The Hall–Kier alpha value is -1.47. The first-order valence-corrected chi connectivity index (χ1v) is 27.6. The van der Waals surface area contributed by atoms with Crippen molar-refractivity contribution in [3.8, 4) is 0 Å². The number of ether oxygens (including phenoxy) is 9. The van der Waals surface area contributed by atoms with Crippen molar-refractivity contribution >= 4 is 5.78 Å². The second-order valence-electron chi connectivity index (χ2n) is 25.6. The summed E-state index contributed by atoms with van der Waals surface area (Å²) in [4.78, 5) is 15.3. The van der Waals surface area contributed by atoms with Gasteiger partial charge in [0.25, 0.3) is 0 Å². The molecule has 0 amide bonds. The van der Waals surface area contributed by atoms with Gasteiger partial charge in [-0.15, -0.1) is 0 Å². The number of methoxy groups -OCH3 is 1. The maximum absolute atomic E-state index is 15.3. The van der Waals surface area contributed by atoms with E-state index in [1.54, 1.807) is 13.2 Å². The Kier molecular flexibility index (Phi) is 18.4. The van der Waals surface area contributed by atoms with E-state index in [0.717, 1.165) is 12.8 Å². The van der Waals surface area contributed by atoms with Crippen molar-refractivity contribution in [3.05, 3.63) is 12.2 Å². The molecule has 444 valence electrons. The monoisotopic (exact) mass is 1110 g/mol. The molecular formula is C54H90O23. The average molecular weight is 1110 g/mol. The first-order valence-electron chi connectivity index (χ1n) is 27.6. The van der Waals surface area contributed by atoms with Gasteiger partial charge in [0.1, 0.15) is 91.2 Å². The van der Waals surface area contributed by atoms with Crippen LogP contribution in [0.4, 0.5) is 0 Å². The highest BCUT2D eigenvalue weighted by Crippen LogP contribution is 2.75. The highest BCUT2D eigenvalue weighted by molar-refractivity contribution is 5.84. The lowest BCUT2D eigenvalue weighted by atomic mass is 9.35. The first-order chi connectivity index (χ1) is 35.9. The van der Waals surface area contributed by atoms with Gasteiger partial charge in [0.05, 0.1) is 49.8 Å². The van der Waals surface area contributed by atoms with Crippen molar-refractivity contribution in [1.82, 2.24) is 0 Å². The Balaban J connectivity index is 1.04. The molecule has 0 unspecified atom stereocenters.